The normalized spacial score (nSPS) is 11.1. The van der Waals surface area contributed by atoms with Gasteiger partial charge < -0.3 is 15.4 Å². The number of hydrogen-bond acceptors (Lipinski definition) is 2. The fraction of sp³-hybridized carbons (Fsp3) is 0.211. The first-order valence-corrected chi connectivity index (χ1v) is 8.23. The highest BCUT2D eigenvalue weighted by molar-refractivity contribution is 6.30. The molecule has 0 aliphatic heterocycles. The maximum Gasteiger partial charge on any atom is 0.221 e. The van der Waals surface area contributed by atoms with Crippen molar-refractivity contribution in [2.75, 3.05) is 0 Å². The molecule has 124 valence electrons. The Labute approximate surface area is 145 Å². The number of phenolic OH excluding ortho intramolecular Hbond substituents is 1. The number of primary amides is 1. The van der Waals surface area contributed by atoms with Crippen molar-refractivity contribution in [2.24, 2.45) is 5.73 Å². The van der Waals surface area contributed by atoms with E-state index in [2.05, 4.69) is 4.57 Å². The highest BCUT2D eigenvalue weighted by Gasteiger charge is 2.20. The molecule has 1 heterocycles. The Morgan fingerprint density at radius 2 is 2.00 bits per heavy atom. The summed E-state index contributed by atoms with van der Waals surface area (Å²) in [4.78, 5) is 11.5. The van der Waals surface area contributed by atoms with Crippen LogP contribution < -0.4 is 5.73 Å². The number of hydrogen-bond donors (Lipinski definition) is 2. The monoisotopic (exact) mass is 342 g/mol. The van der Waals surface area contributed by atoms with Gasteiger partial charge in [-0.3, -0.25) is 4.79 Å². The number of phenols is 1. The smallest absolute Gasteiger partial charge is 0.221 e. The number of halogens is 1. The minimum absolute atomic E-state index is 0.111. The first-order chi connectivity index (χ1) is 11.5. The van der Waals surface area contributed by atoms with E-state index in [9.17, 15) is 9.90 Å². The number of nitrogens with two attached hydrogens (primary N) is 1. The van der Waals surface area contributed by atoms with Gasteiger partial charge in [-0.2, -0.15) is 0 Å². The Morgan fingerprint density at radius 1 is 1.25 bits per heavy atom. The third-order valence-electron chi connectivity index (χ3n) is 4.20. The summed E-state index contributed by atoms with van der Waals surface area (Å²) in [5.41, 5.74) is 9.18. The largest absolute Gasteiger partial charge is 0.507 e. The molecular formula is C19H19ClN2O2. The van der Waals surface area contributed by atoms with Crippen molar-refractivity contribution in [1.29, 1.82) is 0 Å². The molecule has 4 nitrogen and oxygen atoms in total. The van der Waals surface area contributed by atoms with E-state index in [1.54, 1.807) is 12.1 Å². The van der Waals surface area contributed by atoms with E-state index in [0.717, 1.165) is 28.8 Å². The van der Waals surface area contributed by atoms with Crippen LogP contribution in [0.2, 0.25) is 5.02 Å². The fourth-order valence-corrected chi connectivity index (χ4v) is 3.50. The molecule has 1 amide bonds. The minimum Gasteiger partial charge on any atom is -0.507 e. The summed E-state index contributed by atoms with van der Waals surface area (Å²) in [7, 11) is 0. The molecule has 1 aromatic heterocycles. The molecule has 0 fully saturated rings. The van der Waals surface area contributed by atoms with Crippen molar-refractivity contribution in [2.45, 2.75) is 26.3 Å². The first-order valence-electron chi connectivity index (χ1n) is 7.86. The molecule has 24 heavy (non-hydrogen) atoms. The molecule has 0 spiro atoms. The lowest BCUT2D eigenvalue weighted by molar-refractivity contribution is -0.117. The second-order valence-corrected chi connectivity index (χ2v) is 6.25. The number of aromatic hydroxyl groups is 1. The number of carbonyl (C=O) groups is 1. The SMILES string of the molecule is CCc1c(CC(N)=O)c2c(O)cccc2n1Cc1cccc(Cl)c1. The number of aromatic nitrogens is 1. The van der Waals surface area contributed by atoms with E-state index in [1.165, 1.54) is 0 Å². The molecule has 3 rings (SSSR count). The summed E-state index contributed by atoms with van der Waals surface area (Å²) in [6.07, 6.45) is 0.844. The predicted molar refractivity (Wildman–Crippen MR) is 96.4 cm³/mol. The van der Waals surface area contributed by atoms with Gasteiger partial charge in [-0.05, 0) is 41.8 Å². The van der Waals surface area contributed by atoms with Gasteiger partial charge in [0.05, 0.1) is 11.9 Å². The quantitative estimate of drug-likeness (QED) is 0.743. The summed E-state index contributed by atoms with van der Waals surface area (Å²) >= 11 is 6.09. The molecule has 0 radical (unpaired) electrons. The van der Waals surface area contributed by atoms with E-state index in [-0.39, 0.29) is 12.2 Å². The molecule has 0 unspecified atom stereocenters. The zero-order valence-electron chi connectivity index (χ0n) is 13.4. The predicted octanol–water partition coefficient (Wildman–Crippen LogP) is 3.64. The van der Waals surface area contributed by atoms with Crippen molar-refractivity contribution in [3.8, 4) is 5.75 Å². The zero-order chi connectivity index (χ0) is 17.3. The van der Waals surface area contributed by atoms with Crippen molar-refractivity contribution in [3.05, 3.63) is 64.3 Å². The molecule has 0 aliphatic rings. The van der Waals surface area contributed by atoms with Gasteiger partial charge in [0, 0.05) is 22.6 Å². The van der Waals surface area contributed by atoms with Gasteiger partial charge in [0.1, 0.15) is 5.75 Å². The Balaban J connectivity index is 2.22. The molecular weight excluding hydrogens is 324 g/mol. The van der Waals surface area contributed by atoms with Gasteiger partial charge >= 0.3 is 0 Å². The maximum atomic E-state index is 11.5. The maximum absolute atomic E-state index is 11.5. The standard InChI is InChI=1S/C19H19ClN2O2/c1-2-15-14(10-18(21)24)19-16(7-4-8-17(19)23)22(15)11-12-5-3-6-13(20)9-12/h3-9,23H,2,10-11H2,1H3,(H2,21,24). The molecule has 3 N–H and O–H groups in total. The van der Waals surface area contributed by atoms with Gasteiger partial charge in [-0.15, -0.1) is 0 Å². The summed E-state index contributed by atoms with van der Waals surface area (Å²) in [5.74, 6) is -0.238. The highest BCUT2D eigenvalue weighted by atomic mass is 35.5. The molecule has 0 saturated heterocycles. The van der Waals surface area contributed by atoms with E-state index >= 15 is 0 Å². The van der Waals surface area contributed by atoms with Crippen LogP contribution in [-0.2, 0) is 24.2 Å². The lowest BCUT2D eigenvalue weighted by Gasteiger charge is -2.11. The van der Waals surface area contributed by atoms with E-state index < -0.39 is 5.91 Å². The molecule has 0 aliphatic carbocycles. The summed E-state index contributed by atoms with van der Waals surface area (Å²) in [6.45, 7) is 2.65. The molecule has 5 heteroatoms. The third-order valence-corrected chi connectivity index (χ3v) is 4.44. The highest BCUT2D eigenvalue weighted by Crippen LogP contribution is 2.34. The first kappa shape index (κ1) is 16.4. The van der Waals surface area contributed by atoms with Crippen molar-refractivity contribution in [1.82, 2.24) is 4.57 Å². The van der Waals surface area contributed by atoms with Gasteiger partial charge in [-0.25, -0.2) is 0 Å². The average Bonchev–Trinajstić information content (AvgIpc) is 2.81. The van der Waals surface area contributed by atoms with Gasteiger partial charge in [-0.1, -0.05) is 36.7 Å². The lowest BCUT2D eigenvalue weighted by Crippen LogP contribution is -2.15. The van der Waals surface area contributed by atoms with E-state index in [1.807, 2.05) is 37.3 Å². The molecule has 3 aromatic rings. The Bertz CT molecular complexity index is 915. The summed E-state index contributed by atoms with van der Waals surface area (Å²) in [5, 5.41) is 11.7. The lowest BCUT2D eigenvalue weighted by atomic mass is 10.1. The third kappa shape index (κ3) is 2.97. The van der Waals surface area contributed by atoms with Crippen LogP contribution in [0.4, 0.5) is 0 Å². The number of benzene rings is 2. The van der Waals surface area contributed by atoms with Crippen molar-refractivity contribution < 1.29 is 9.90 Å². The Kier molecular flexibility index (Phi) is 4.49. The fourth-order valence-electron chi connectivity index (χ4n) is 3.28. The van der Waals surface area contributed by atoms with E-state index in [0.29, 0.717) is 17.0 Å². The van der Waals surface area contributed by atoms with Crippen LogP contribution in [0.3, 0.4) is 0 Å². The molecule has 0 saturated carbocycles. The molecule has 0 atom stereocenters. The second kappa shape index (κ2) is 6.57. The Morgan fingerprint density at radius 3 is 2.67 bits per heavy atom. The zero-order valence-corrected chi connectivity index (χ0v) is 14.2. The van der Waals surface area contributed by atoms with Gasteiger partial charge in [0.25, 0.3) is 0 Å². The number of carbonyl (C=O) groups excluding carboxylic acids is 1. The molecule has 2 aromatic carbocycles. The Hall–Kier alpha value is -2.46. The van der Waals surface area contributed by atoms with Crippen LogP contribution >= 0.6 is 11.6 Å². The van der Waals surface area contributed by atoms with Crippen LogP contribution in [-0.4, -0.2) is 15.6 Å². The van der Waals surface area contributed by atoms with Gasteiger partial charge in [0.15, 0.2) is 0 Å². The minimum atomic E-state index is -0.408. The number of fused-ring (bicyclic) bond motifs is 1. The van der Waals surface area contributed by atoms with Crippen LogP contribution in [0, 0.1) is 0 Å². The van der Waals surface area contributed by atoms with Crippen LogP contribution in [0.5, 0.6) is 5.75 Å². The average molecular weight is 343 g/mol. The topological polar surface area (TPSA) is 68.2 Å². The number of nitrogens with zero attached hydrogens (tertiary/aromatic N) is 1. The number of rotatable bonds is 5. The van der Waals surface area contributed by atoms with Crippen LogP contribution in [0.1, 0.15) is 23.7 Å². The summed E-state index contributed by atoms with van der Waals surface area (Å²) in [6, 6.07) is 13.1. The molecule has 0 bridgehead atoms. The van der Waals surface area contributed by atoms with Crippen LogP contribution in [0.25, 0.3) is 10.9 Å². The second-order valence-electron chi connectivity index (χ2n) is 5.81. The van der Waals surface area contributed by atoms with Crippen molar-refractivity contribution in [3.63, 3.8) is 0 Å². The summed E-state index contributed by atoms with van der Waals surface area (Å²) < 4.78 is 2.12. The van der Waals surface area contributed by atoms with Crippen molar-refractivity contribution >= 4 is 28.4 Å². The van der Waals surface area contributed by atoms with E-state index in [4.69, 9.17) is 17.3 Å². The van der Waals surface area contributed by atoms with Crippen LogP contribution in [0.15, 0.2) is 42.5 Å². The van der Waals surface area contributed by atoms with Gasteiger partial charge in [0.2, 0.25) is 5.91 Å². The number of amides is 1.